The van der Waals surface area contributed by atoms with Crippen LogP contribution in [0.5, 0.6) is 0 Å². The number of hydrogen-bond acceptors (Lipinski definition) is 4. The number of carbonyl (C=O) groups is 1. The van der Waals surface area contributed by atoms with Gasteiger partial charge in [-0.2, -0.15) is 4.98 Å². The fourth-order valence-electron chi connectivity index (χ4n) is 2.25. The smallest absolute Gasteiger partial charge is 0.292 e. The van der Waals surface area contributed by atoms with E-state index in [2.05, 4.69) is 15.5 Å². The predicted octanol–water partition coefficient (Wildman–Crippen LogP) is 3.41. The van der Waals surface area contributed by atoms with Crippen LogP contribution in [0.4, 0.5) is 4.39 Å². The van der Waals surface area contributed by atoms with Crippen molar-refractivity contribution in [2.75, 3.05) is 6.54 Å². The van der Waals surface area contributed by atoms with Crippen molar-refractivity contribution in [1.29, 1.82) is 0 Å². The number of amides is 1. The number of carbonyl (C=O) groups excluding carboxylic acids is 1. The van der Waals surface area contributed by atoms with Crippen LogP contribution in [0.15, 0.2) is 59.1 Å². The van der Waals surface area contributed by atoms with Crippen molar-refractivity contribution in [2.24, 2.45) is 0 Å². The topological polar surface area (TPSA) is 68.0 Å². The summed E-state index contributed by atoms with van der Waals surface area (Å²) in [5.41, 5.74) is 1.69. The fraction of sp³-hybridized carbons (Fsp3) is 0.167. The molecular formula is C18H16FN3O2. The number of benzene rings is 2. The summed E-state index contributed by atoms with van der Waals surface area (Å²) < 4.78 is 18.0. The van der Waals surface area contributed by atoms with Gasteiger partial charge in [-0.3, -0.25) is 4.79 Å². The van der Waals surface area contributed by atoms with Gasteiger partial charge in [0.1, 0.15) is 5.82 Å². The number of rotatable bonds is 5. The van der Waals surface area contributed by atoms with Gasteiger partial charge >= 0.3 is 0 Å². The number of halogens is 1. The number of hydrogen-bond donors (Lipinski definition) is 1. The first-order chi connectivity index (χ1) is 11.6. The summed E-state index contributed by atoms with van der Waals surface area (Å²) in [6.07, 6.45) is 0. The predicted molar refractivity (Wildman–Crippen MR) is 86.9 cm³/mol. The van der Waals surface area contributed by atoms with E-state index in [0.717, 1.165) is 5.56 Å². The van der Waals surface area contributed by atoms with Gasteiger partial charge in [0.25, 0.3) is 17.6 Å². The Labute approximate surface area is 138 Å². The highest BCUT2D eigenvalue weighted by Gasteiger charge is 2.16. The lowest BCUT2D eigenvalue weighted by molar-refractivity contribution is 0.0938. The first-order valence-electron chi connectivity index (χ1n) is 7.56. The number of nitrogens with one attached hydrogen (secondary N) is 1. The lowest BCUT2D eigenvalue weighted by Gasteiger charge is -2.11. The molecule has 24 heavy (non-hydrogen) atoms. The maximum absolute atomic E-state index is 12.9. The van der Waals surface area contributed by atoms with E-state index in [1.165, 1.54) is 24.3 Å². The molecule has 0 spiro atoms. The molecule has 0 bridgehead atoms. The summed E-state index contributed by atoms with van der Waals surface area (Å²) in [5.74, 6) is -0.467. The van der Waals surface area contributed by atoms with Crippen LogP contribution in [0.25, 0.3) is 11.5 Å². The van der Waals surface area contributed by atoms with Crippen molar-refractivity contribution in [3.63, 3.8) is 0 Å². The summed E-state index contributed by atoms with van der Waals surface area (Å²) in [4.78, 5) is 16.2. The molecule has 0 saturated heterocycles. The van der Waals surface area contributed by atoms with Crippen LogP contribution in [0, 0.1) is 5.82 Å². The largest absolute Gasteiger partial charge is 0.349 e. The molecule has 1 N–H and O–H groups in total. The standard InChI is InChI=1S/C18H16FN3O2/c1-12(13-5-3-2-4-6-13)11-20-17(23)16-21-18(24-22-16)14-7-9-15(19)10-8-14/h2-10,12H,11H2,1H3,(H,20,23). The van der Waals surface area contributed by atoms with Gasteiger partial charge in [-0.25, -0.2) is 4.39 Å². The molecule has 2 aromatic carbocycles. The Kier molecular flexibility index (Phi) is 4.65. The van der Waals surface area contributed by atoms with Gasteiger partial charge in [0, 0.05) is 12.1 Å². The second-order valence-electron chi connectivity index (χ2n) is 5.45. The molecule has 1 amide bonds. The summed E-state index contributed by atoms with van der Waals surface area (Å²) >= 11 is 0. The van der Waals surface area contributed by atoms with Crippen LogP contribution in [-0.2, 0) is 0 Å². The van der Waals surface area contributed by atoms with Crippen molar-refractivity contribution in [3.8, 4) is 11.5 Å². The van der Waals surface area contributed by atoms with Crippen molar-refractivity contribution < 1.29 is 13.7 Å². The Morgan fingerprint density at radius 3 is 2.58 bits per heavy atom. The maximum atomic E-state index is 12.9. The molecule has 1 atom stereocenters. The Morgan fingerprint density at radius 2 is 1.88 bits per heavy atom. The first kappa shape index (κ1) is 15.9. The van der Waals surface area contributed by atoms with E-state index in [4.69, 9.17) is 4.52 Å². The lowest BCUT2D eigenvalue weighted by atomic mass is 10.0. The van der Waals surface area contributed by atoms with Crippen molar-refractivity contribution in [2.45, 2.75) is 12.8 Å². The molecule has 1 unspecified atom stereocenters. The molecule has 0 aliphatic rings. The Hall–Kier alpha value is -3.02. The second kappa shape index (κ2) is 7.04. The first-order valence-corrected chi connectivity index (χ1v) is 7.56. The van der Waals surface area contributed by atoms with E-state index in [1.54, 1.807) is 0 Å². The molecule has 1 aromatic heterocycles. The van der Waals surface area contributed by atoms with Crippen LogP contribution in [0.2, 0.25) is 0 Å². The molecule has 0 radical (unpaired) electrons. The molecule has 1 heterocycles. The lowest BCUT2D eigenvalue weighted by Crippen LogP contribution is -2.28. The highest BCUT2D eigenvalue weighted by molar-refractivity contribution is 5.90. The summed E-state index contributed by atoms with van der Waals surface area (Å²) in [7, 11) is 0. The van der Waals surface area contributed by atoms with Crippen LogP contribution in [-0.4, -0.2) is 22.6 Å². The van der Waals surface area contributed by atoms with E-state index in [0.29, 0.717) is 12.1 Å². The summed E-state index contributed by atoms with van der Waals surface area (Å²) in [5, 5.41) is 6.46. The van der Waals surface area contributed by atoms with Gasteiger partial charge in [0.2, 0.25) is 0 Å². The van der Waals surface area contributed by atoms with E-state index in [1.807, 2.05) is 37.3 Å². The monoisotopic (exact) mass is 325 g/mol. The van der Waals surface area contributed by atoms with Gasteiger partial charge in [-0.15, -0.1) is 0 Å². The third-order valence-corrected chi connectivity index (χ3v) is 3.66. The Balaban J connectivity index is 1.63. The Morgan fingerprint density at radius 1 is 1.17 bits per heavy atom. The van der Waals surface area contributed by atoms with E-state index >= 15 is 0 Å². The second-order valence-corrected chi connectivity index (χ2v) is 5.45. The van der Waals surface area contributed by atoms with Gasteiger partial charge in [-0.1, -0.05) is 42.4 Å². The van der Waals surface area contributed by atoms with Gasteiger partial charge in [-0.05, 0) is 35.7 Å². The normalized spacial score (nSPS) is 11.9. The molecular weight excluding hydrogens is 309 g/mol. The van der Waals surface area contributed by atoms with Crippen LogP contribution >= 0.6 is 0 Å². The highest BCUT2D eigenvalue weighted by Crippen LogP contribution is 2.17. The molecule has 3 rings (SSSR count). The molecule has 5 nitrogen and oxygen atoms in total. The van der Waals surface area contributed by atoms with Crippen molar-refractivity contribution in [3.05, 3.63) is 71.8 Å². The minimum atomic E-state index is -0.408. The van der Waals surface area contributed by atoms with Crippen LogP contribution in [0.1, 0.15) is 29.0 Å². The average Bonchev–Trinajstić information content (AvgIpc) is 3.11. The third kappa shape index (κ3) is 3.65. The molecule has 0 fully saturated rings. The van der Waals surface area contributed by atoms with Crippen LogP contribution < -0.4 is 5.32 Å². The maximum Gasteiger partial charge on any atom is 0.292 e. The van der Waals surface area contributed by atoms with Gasteiger partial charge in [0.15, 0.2) is 0 Å². The SMILES string of the molecule is CC(CNC(=O)c1noc(-c2ccc(F)cc2)n1)c1ccccc1. The van der Waals surface area contributed by atoms with Crippen LogP contribution in [0.3, 0.4) is 0 Å². The van der Waals surface area contributed by atoms with E-state index in [9.17, 15) is 9.18 Å². The molecule has 0 aliphatic carbocycles. The fourth-order valence-corrected chi connectivity index (χ4v) is 2.25. The molecule has 3 aromatic rings. The molecule has 0 saturated carbocycles. The molecule has 6 heteroatoms. The molecule has 0 aliphatic heterocycles. The van der Waals surface area contributed by atoms with Gasteiger partial charge < -0.3 is 9.84 Å². The van der Waals surface area contributed by atoms with E-state index < -0.39 is 5.91 Å². The minimum Gasteiger partial charge on any atom is -0.349 e. The third-order valence-electron chi connectivity index (χ3n) is 3.66. The molecule has 122 valence electrons. The minimum absolute atomic E-state index is 0.0467. The number of aromatic nitrogens is 2. The van der Waals surface area contributed by atoms with Crippen molar-refractivity contribution in [1.82, 2.24) is 15.5 Å². The van der Waals surface area contributed by atoms with Gasteiger partial charge in [0.05, 0.1) is 0 Å². The zero-order valence-electron chi connectivity index (χ0n) is 13.1. The average molecular weight is 325 g/mol. The number of nitrogens with zero attached hydrogens (tertiary/aromatic N) is 2. The summed E-state index contributed by atoms with van der Waals surface area (Å²) in [6, 6.07) is 15.5. The van der Waals surface area contributed by atoms with E-state index in [-0.39, 0.29) is 23.5 Å². The highest BCUT2D eigenvalue weighted by atomic mass is 19.1. The quantitative estimate of drug-likeness (QED) is 0.780. The summed E-state index contributed by atoms with van der Waals surface area (Å²) in [6.45, 7) is 2.49. The Bertz CT molecular complexity index is 816. The zero-order chi connectivity index (χ0) is 16.9. The zero-order valence-corrected chi connectivity index (χ0v) is 13.1. The van der Waals surface area contributed by atoms with Crippen molar-refractivity contribution >= 4 is 5.91 Å².